The SMILES string of the molecule is CC#CC(C)Cc1cccc(C(=O)Nc2ccc(-c3ccc(NC(C)(C)C)cc3C(F)(F)F)c(C(F)(F)F)c2)c1. The van der Waals surface area contributed by atoms with Gasteiger partial charge in [0.05, 0.1) is 11.1 Å². The zero-order valence-electron chi connectivity index (χ0n) is 22.7. The number of hydrogen-bond acceptors (Lipinski definition) is 2. The fourth-order valence-corrected chi connectivity index (χ4v) is 4.31. The van der Waals surface area contributed by atoms with Gasteiger partial charge in [-0.2, -0.15) is 26.3 Å². The van der Waals surface area contributed by atoms with Crippen LogP contribution < -0.4 is 10.6 Å². The molecule has 40 heavy (non-hydrogen) atoms. The van der Waals surface area contributed by atoms with Crippen molar-refractivity contribution in [2.75, 3.05) is 10.6 Å². The number of hydrogen-bond donors (Lipinski definition) is 2. The Labute approximate surface area is 230 Å². The van der Waals surface area contributed by atoms with Crippen LogP contribution in [0.2, 0.25) is 0 Å². The molecule has 0 saturated heterocycles. The molecule has 9 heteroatoms. The molecule has 0 aliphatic carbocycles. The molecule has 212 valence electrons. The van der Waals surface area contributed by atoms with Crippen LogP contribution in [0, 0.1) is 17.8 Å². The number of carbonyl (C=O) groups excluding carboxylic acids is 1. The minimum Gasteiger partial charge on any atom is -0.380 e. The van der Waals surface area contributed by atoms with Gasteiger partial charge in [0.25, 0.3) is 5.91 Å². The van der Waals surface area contributed by atoms with Crippen molar-refractivity contribution < 1.29 is 31.1 Å². The van der Waals surface area contributed by atoms with Crippen molar-refractivity contribution >= 4 is 17.3 Å². The summed E-state index contributed by atoms with van der Waals surface area (Å²) >= 11 is 0. The van der Waals surface area contributed by atoms with Gasteiger partial charge >= 0.3 is 12.4 Å². The van der Waals surface area contributed by atoms with Crippen LogP contribution >= 0.6 is 0 Å². The van der Waals surface area contributed by atoms with Gasteiger partial charge in [-0.05, 0) is 87.2 Å². The summed E-state index contributed by atoms with van der Waals surface area (Å²) in [4.78, 5) is 12.9. The summed E-state index contributed by atoms with van der Waals surface area (Å²) in [6.07, 6.45) is -9.32. The normalized spacial score (nSPS) is 12.8. The van der Waals surface area contributed by atoms with Gasteiger partial charge in [-0.3, -0.25) is 4.79 Å². The number of amides is 1. The zero-order chi connectivity index (χ0) is 29.9. The third kappa shape index (κ3) is 8.04. The fraction of sp³-hybridized carbons (Fsp3) is 0.323. The molecule has 1 amide bonds. The monoisotopic (exact) mass is 560 g/mol. The Balaban J connectivity index is 2.00. The molecule has 0 aromatic heterocycles. The minimum atomic E-state index is -4.99. The van der Waals surface area contributed by atoms with E-state index in [2.05, 4.69) is 22.5 Å². The van der Waals surface area contributed by atoms with Crippen molar-refractivity contribution in [2.24, 2.45) is 5.92 Å². The van der Waals surface area contributed by atoms with E-state index in [1.165, 1.54) is 12.1 Å². The van der Waals surface area contributed by atoms with Crippen LogP contribution in [0.4, 0.5) is 37.7 Å². The standard InChI is InChI=1S/C31H30F6N2O/c1-6-8-19(2)15-20-9-7-10-21(16-20)28(40)38-22-11-13-24(26(17-22)30(32,33)34)25-14-12-23(39-29(3,4)5)18-27(25)31(35,36)37/h7,9-14,16-19,39H,15H2,1-5H3,(H,38,40). The second-order valence-electron chi connectivity index (χ2n) is 10.5. The minimum absolute atomic E-state index is 0.0464. The van der Waals surface area contributed by atoms with Crippen molar-refractivity contribution in [3.05, 3.63) is 82.9 Å². The maximum Gasteiger partial charge on any atom is 0.417 e. The first-order chi connectivity index (χ1) is 18.5. The van der Waals surface area contributed by atoms with Crippen molar-refractivity contribution in [3.8, 4) is 23.0 Å². The van der Waals surface area contributed by atoms with Gasteiger partial charge in [0.15, 0.2) is 0 Å². The summed E-state index contributed by atoms with van der Waals surface area (Å²) in [5.41, 5.74) is -3.34. The van der Waals surface area contributed by atoms with E-state index in [0.717, 1.165) is 29.8 Å². The highest BCUT2D eigenvalue weighted by Gasteiger charge is 2.39. The Morgan fingerprint density at radius 2 is 1.38 bits per heavy atom. The molecule has 0 fully saturated rings. The lowest BCUT2D eigenvalue weighted by Crippen LogP contribution is -2.26. The number of halogens is 6. The second-order valence-corrected chi connectivity index (χ2v) is 10.5. The lowest BCUT2D eigenvalue weighted by atomic mass is 9.93. The highest BCUT2D eigenvalue weighted by Crippen LogP contribution is 2.44. The Bertz CT molecular complexity index is 1440. The van der Waals surface area contributed by atoms with E-state index in [0.29, 0.717) is 12.5 Å². The largest absolute Gasteiger partial charge is 0.417 e. The predicted molar refractivity (Wildman–Crippen MR) is 146 cm³/mol. The van der Waals surface area contributed by atoms with Gasteiger partial charge in [0.2, 0.25) is 0 Å². The summed E-state index contributed by atoms with van der Waals surface area (Å²) in [6, 6.07) is 12.5. The maximum atomic E-state index is 14.1. The number of nitrogens with one attached hydrogen (secondary N) is 2. The van der Waals surface area contributed by atoms with Crippen LogP contribution in [-0.4, -0.2) is 11.4 Å². The molecule has 0 heterocycles. The van der Waals surface area contributed by atoms with Gasteiger partial charge in [-0.1, -0.05) is 31.2 Å². The van der Waals surface area contributed by atoms with E-state index in [1.807, 2.05) is 13.0 Å². The molecule has 1 unspecified atom stereocenters. The zero-order valence-corrected chi connectivity index (χ0v) is 22.7. The van der Waals surface area contributed by atoms with Gasteiger partial charge in [0, 0.05) is 28.4 Å². The molecule has 0 aliphatic rings. The first-order valence-electron chi connectivity index (χ1n) is 12.5. The maximum absolute atomic E-state index is 14.1. The summed E-state index contributed by atoms with van der Waals surface area (Å²) in [6.45, 7) is 8.91. The lowest BCUT2D eigenvalue weighted by molar-refractivity contribution is -0.139. The lowest BCUT2D eigenvalue weighted by Gasteiger charge is -2.24. The third-order valence-electron chi connectivity index (χ3n) is 5.84. The molecule has 0 aliphatic heterocycles. The molecule has 3 rings (SSSR count). The Kier molecular flexibility index (Phi) is 8.93. The van der Waals surface area contributed by atoms with Crippen molar-refractivity contribution in [2.45, 2.75) is 58.9 Å². The van der Waals surface area contributed by atoms with E-state index in [-0.39, 0.29) is 22.9 Å². The summed E-state index contributed by atoms with van der Waals surface area (Å²) < 4.78 is 84.4. The molecule has 0 radical (unpaired) electrons. The van der Waals surface area contributed by atoms with E-state index in [4.69, 9.17) is 0 Å². The quantitative estimate of drug-likeness (QED) is 0.233. The molecule has 0 saturated carbocycles. The first-order valence-corrected chi connectivity index (χ1v) is 12.5. The topological polar surface area (TPSA) is 41.1 Å². The Morgan fingerprint density at radius 1 is 0.825 bits per heavy atom. The van der Waals surface area contributed by atoms with E-state index in [9.17, 15) is 31.1 Å². The molecule has 1 atom stereocenters. The number of carbonyl (C=O) groups is 1. The van der Waals surface area contributed by atoms with Crippen molar-refractivity contribution in [3.63, 3.8) is 0 Å². The molecular formula is C31H30F6N2O. The van der Waals surface area contributed by atoms with Gasteiger partial charge in [0.1, 0.15) is 0 Å². The fourth-order valence-electron chi connectivity index (χ4n) is 4.31. The first kappa shape index (κ1) is 30.6. The average molecular weight is 561 g/mol. The van der Waals surface area contributed by atoms with Crippen LogP contribution in [-0.2, 0) is 18.8 Å². The van der Waals surface area contributed by atoms with Crippen LogP contribution in [0.5, 0.6) is 0 Å². The van der Waals surface area contributed by atoms with Gasteiger partial charge in [-0.25, -0.2) is 0 Å². The summed E-state index contributed by atoms with van der Waals surface area (Å²) in [5, 5.41) is 5.34. The Hall–Kier alpha value is -3.93. The smallest absolute Gasteiger partial charge is 0.380 e. The molecule has 3 aromatic rings. The van der Waals surface area contributed by atoms with Crippen LogP contribution in [0.1, 0.15) is 61.7 Å². The van der Waals surface area contributed by atoms with E-state index < -0.39 is 46.1 Å². The highest BCUT2D eigenvalue weighted by atomic mass is 19.4. The number of rotatable bonds is 6. The van der Waals surface area contributed by atoms with Crippen molar-refractivity contribution in [1.29, 1.82) is 0 Å². The van der Waals surface area contributed by atoms with Crippen LogP contribution in [0.25, 0.3) is 11.1 Å². The van der Waals surface area contributed by atoms with Crippen LogP contribution in [0.3, 0.4) is 0 Å². The number of anilines is 2. The van der Waals surface area contributed by atoms with Crippen molar-refractivity contribution in [1.82, 2.24) is 0 Å². The number of benzene rings is 3. The predicted octanol–water partition coefficient (Wildman–Crippen LogP) is 9.06. The third-order valence-corrected chi connectivity index (χ3v) is 5.84. The number of alkyl halides is 6. The van der Waals surface area contributed by atoms with E-state index in [1.54, 1.807) is 39.8 Å². The highest BCUT2D eigenvalue weighted by molar-refractivity contribution is 6.04. The second kappa shape index (κ2) is 11.7. The van der Waals surface area contributed by atoms with Crippen LogP contribution in [0.15, 0.2) is 60.7 Å². The molecular weight excluding hydrogens is 530 g/mol. The van der Waals surface area contributed by atoms with Gasteiger partial charge < -0.3 is 10.6 Å². The summed E-state index contributed by atoms with van der Waals surface area (Å²) in [5.74, 6) is 5.24. The molecule has 2 N–H and O–H groups in total. The molecule has 3 aromatic carbocycles. The van der Waals surface area contributed by atoms with Gasteiger partial charge in [-0.15, -0.1) is 11.8 Å². The average Bonchev–Trinajstić information content (AvgIpc) is 2.82. The molecule has 3 nitrogen and oxygen atoms in total. The van der Waals surface area contributed by atoms with E-state index >= 15 is 0 Å². The summed E-state index contributed by atoms with van der Waals surface area (Å²) in [7, 11) is 0. The molecule has 0 spiro atoms. The Morgan fingerprint density at radius 3 is 1.90 bits per heavy atom. The molecule has 0 bridgehead atoms.